The van der Waals surface area contributed by atoms with E-state index in [9.17, 15) is 9.18 Å². The Kier molecular flexibility index (Phi) is 5.27. The Balaban J connectivity index is 1.47. The fraction of sp³-hybridized carbons (Fsp3) is 0.217. The Morgan fingerprint density at radius 3 is 2.73 bits per heavy atom. The van der Waals surface area contributed by atoms with Crippen molar-refractivity contribution >= 4 is 16.8 Å². The molecular formula is C23H22FN3O3. The lowest BCUT2D eigenvalue weighted by molar-refractivity contribution is 0.0903. The Bertz CT molecular complexity index is 1190. The van der Waals surface area contributed by atoms with Gasteiger partial charge < -0.3 is 19.1 Å². The standard InChI is InChI=1S/C23H22FN3O3/c1-14(10-16-13-27(2)21-9-8-18(29-3)11-19(16)21)25-23(28)22-12-20(26-30-22)15-4-6-17(24)7-5-15/h4-9,11-14H,10H2,1-3H3,(H,25,28)/t14-/m1/s1. The number of nitrogens with one attached hydrogen (secondary N) is 1. The molecule has 154 valence electrons. The van der Waals surface area contributed by atoms with Gasteiger partial charge in [0.25, 0.3) is 5.91 Å². The van der Waals surface area contributed by atoms with E-state index in [-0.39, 0.29) is 23.5 Å². The van der Waals surface area contributed by atoms with Crippen molar-refractivity contribution in [3.8, 4) is 17.0 Å². The van der Waals surface area contributed by atoms with E-state index in [0.717, 1.165) is 22.2 Å². The molecule has 0 saturated carbocycles. The molecule has 0 unspecified atom stereocenters. The lowest BCUT2D eigenvalue weighted by Crippen LogP contribution is -2.33. The number of aryl methyl sites for hydroxylation is 1. The number of fused-ring (bicyclic) bond motifs is 1. The molecule has 0 aliphatic heterocycles. The van der Waals surface area contributed by atoms with Crippen molar-refractivity contribution in [2.45, 2.75) is 19.4 Å². The number of aromatic nitrogens is 2. The maximum atomic E-state index is 13.1. The van der Waals surface area contributed by atoms with Crippen molar-refractivity contribution in [2.24, 2.45) is 7.05 Å². The molecule has 0 fully saturated rings. The molecule has 1 atom stereocenters. The summed E-state index contributed by atoms with van der Waals surface area (Å²) in [6.45, 7) is 1.94. The molecule has 4 aromatic rings. The van der Waals surface area contributed by atoms with E-state index in [0.29, 0.717) is 17.7 Å². The smallest absolute Gasteiger partial charge is 0.290 e. The summed E-state index contributed by atoms with van der Waals surface area (Å²) in [5.74, 6) is 0.226. The minimum Gasteiger partial charge on any atom is -0.497 e. The number of hydrogen-bond donors (Lipinski definition) is 1. The highest BCUT2D eigenvalue weighted by atomic mass is 19.1. The number of carbonyl (C=O) groups excluding carboxylic acids is 1. The molecule has 0 aliphatic carbocycles. The summed E-state index contributed by atoms with van der Waals surface area (Å²) in [5, 5.41) is 7.96. The first kappa shape index (κ1) is 19.7. The highest BCUT2D eigenvalue weighted by Gasteiger charge is 2.18. The number of methoxy groups -OCH3 is 1. The van der Waals surface area contributed by atoms with Gasteiger partial charge in [-0.25, -0.2) is 4.39 Å². The van der Waals surface area contributed by atoms with Gasteiger partial charge in [0, 0.05) is 41.8 Å². The largest absolute Gasteiger partial charge is 0.497 e. The highest BCUT2D eigenvalue weighted by Crippen LogP contribution is 2.26. The van der Waals surface area contributed by atoms with Crippen LogP contribution in [0.1, 0.15) is 23.0 Å². The van der Waals surface area contributed by atoms with Crippen LogP contribution in [0.15, 0.2) is 59.3 Å². The van der Waals surface area contributed by atoms with E-state index in [2.05, 4.69) is 21.2 Å². The molecule has 1 amide bonds. The summed E-state index contributed by atoms with van der Waals surface area (Å²) in [6, 6.07) is 13.2. The average Bonchev–Trinajstić information content (AvgIpc) is 3.34. The Hall–Kier alpha value is -3.61. The zero-order valence-electron chi connectivity index (χ0n) is 17.0. The van der Waals surface area contributed by atoms with Gasteiger partial charge in [-0.15, -0.1) is 0 Å². The first-order chi connectivity index (χ1) is 14.4. The van der Waals surface area contributed by atoms with Crippen molar-refractivity contribution in [3.63, 3.8) is 0 Å². The SMILES string of the molecule is COc1ccc2c(c1)c(C[C@@H](C)NC(=O)c1cc(-c3ccc(F)cc3)no1)cn2C. The number of hydrogen-bond acceptors (Lipinski definition) is 4. The van der Waals surface area contributed by atoms with Crippen molar-refractivity contribution in [1.82, 2.24) is 15.0 Å². The first-order valence-electron chi connectivity index (χ1n) is 9.60. The fourth-order valence-corrected chi connectivity index (χ4v) is 3.56. The van der Waals surface area contributed by atoms with Crippen molar-refractivity contribution in [2.75, 3.05) is 7.11 Å². The number of nitrogens with zero attached hydrogens (tertiary/aromatic N) is 2. The van der Waals surface area contributed by atoms with Gasteiger partial charge >= 0.3 is 0 Å². The second kappa shape index (κ2) is 8.02. The van der Waals surface area contributed by atoms with Crippen LogP contribution in [0.3, 0.4) is 0 Å². The molecule has 2 aromatic heterocycles. The maximum absolute atomic E-state index is 13.1. The molecule has 0 bridgehead atoms. The molecule has 6 nitrogen and oxygen atoms in total. The zero-order valence-corrected chi connectivity index (χ0v) is 17.0. The summed E-state index contributed by atoms with van der Waals surface area (Å²) in [4.78, 5) is 12.6. The lowest BCUT2D eigenvalue weighted by atomic mass is 10.1. The van der Waals surface area contributed by atoms with E-state index in [1.54, 1.807) is 25.3 Å². The maximum Gasteiger partial charge on any atom is 0.290 e. The van der Waals surface area contributed by atoms with Crippen LogP contribution in [0.25, 0.3) is 22.2 Å². The summed E-state index contributed by atoms with van der Waals surface area (Å²) < 4.78 is 25.7. The highest BCUT2D eigenvalue weighted by molar-refractivity contribution is 5.92. The number of amides is 1. The predicted octanol–water partition coefficient (Wildman–Crippen LogP) is 4.34. The Labute approximate surface area is 173 Å². The minimum absolute atomic E-state index is 0.112. The second-order valence-corrected chi connectivity index (χ2v) is 7.31. The molecular weight excluding hydrogens is 385 g/mol. The summed E-state index contributed by atoms with van der Waals surface area (Å²) in [5.41, 5.74) is 3.37. The second-order valence-electron chi connectivity index (χ2n) is 7.31. The lowest BCUT2D eigenvalue weighted by Gasteiger charge is -2.12. The topological polar surface area (TPSA) is 69.3 Å². The molecule has 0 aliphatic rings. The Morgan fingerprint density at radius 1 is 1.23 bits per heavy atom. The van der Waals surface area contributed by atoms with E-state index < -0.39 is 0 Å². The number of ether oxygens (including phenoxy) is 1. The van der Waals surface area contributed by atoms with Gasteiger partial charge in [0.2, 0.25) is 5.76 Å². The molecule has 0 saturated heterocycles. The molecule has 2 heterocycles. The van der Waals surface area contributed by atoms with Crippen LogP contribution in [0.2, 0.25) is 0 Å². The van der Waals surface area contributed by atoms with Crippen LogP contribution in [0, 0.1) is 5.82 Å². The summed E-state index contributed by atoms with van der Waals surface area (Å²) in [7, 11) is 3.64. The van der Waals surface area contributed by atoms with Gasteiger partial charge in [-0.2, -0.15) is 0 Å². The van der Waals surface area contributed by atoms with Crippen molar-refractivity contribution < 1.29 is 18.4 Å². The molecule has 2 aromatic carbocycles. The van der Waals surface area contributed by atoms with Crippen molar-refractivity contribution in [1.29, 1.82) is 0 Å². The van der Waals surface area contributed by atoms with Crippen LogP contribution in [0.4, 0.5) is 4.39 Å². The normalized spacial score (nSPS) is 12.1. The van der Waals surface area contributed by atoms with Gasteiger partial charge in [0.15, 0.2) is 0 Å². The van der Waals surface area contributed by atoms with Crippen LogP contribution >= 0.6 is 0 Å². The fourth-order valence-electron chi connectivity index (χ4n) is 3.56. The van der Waals surface area contributed by atoms with Gasteiger partial charge in [-0.1, -0.05) is 5.16 Å². The molecule has 0 spiro atoms. The molecule has 30 heavy (non-hydrogen) atoms. The molecule has 4 rings (SSSR count). The van der Waals surface area contributed by atoms with E-state index >= 15 is 0 Å². The molecule has 7 heteroatoms. The quantitative estimate of drug-likeness (QED) is 0.516. The van der Waals surface area contributed by atoms with Crippen molar-refractivity contribution in [3.05, 3.63) is 71.9 Å². The zero-order chi connectivity index (χ0) is 21.3. The summed E-state index contributed by atoms with van der Waals surface area (Å²) >= 11 is 0. The monoisotopic (exact) mass is 407 g/mol. The third-order valence-electron chi connectivity index (χ3n) is 5.06. The van der Waals surface area contributed by atoms with Crippen LogP contribution in [0.5, 0.6) is 5.75 Å². The van der Waals surface area contributed by atoms with Crippen LogP contribution in [-0.4, -0.2) is 28.8 Å². The molecule has 1 N–H and O–H groups in total. The number of carbonyl (C=O) groups is 1. The van der Waals surface area contributed by atoms with Gasteiger partial charge in [-0.05, 0) is 61.4 Å². The number of halogens is 1. The van der Waals surface area contributed by atoms with Gasteiger partial charge in [-0.3, -0.25) is 4.79 Å². The van der Waals surface area contributed by atoms with Crippen LogP contribution in [-0.2, 0) is 13.5 Å². The third-order valence-corrected chi connectivity index (χ3v) is 5.06. The first-order valence-corrected chi connectivity index (χ1v) is 9.60. The Morgan fingerprint density at radius 2 is 2.00 bits per heavy atom. The predicted molar refractivity (Wildman–Crippen MR) is 112 cm³/mol. The number of benzene rings is 2. The molecule has 0 radical (unpaired) electrons. The third kappa shape index (κ3) is 3.91. The number of rotatable bonds is 6. The van der Waals surface area contributed by atoms with E-state index in [4.69, 9.17) is 9.26 Å². The van der Waals surface area contributed by atoms with Gasteiger partial charge in [0.05, 0.1) is 7.11 Å². The minimum atomic E-state index is -0.346. The van der Waals surface area contributed by atoms with E-state index in [1.165, 1.54) is 12.1 Å². The average molecular weight is 407 g/mol. The van der Waals surface area contributed by atoms with Gasteiger partial charge in [0.1, 0.15) is 17.3 Å². The van der Waals surface area contributed by atoms with Crippen LogP contribution < -0.4 is 10.1 Å². The summed E-state index contributed by atoms with van der Waals surface area (Å²) in [6.07, 6.45) is 2.71. The van der Waals surface area contributed by atoms with E-state index in [1.807, 2.05) is 32.2 Å².